The van der Waals surface area contributed by atoms with E-state index in [0.29, 0.717) is 17.3 Å². The van der Waals surface area contributed by atoms with E-state index in [0.717, 1.165) is 16.9 Å². The maximum atomic E-state index is 5.97. The van der Waals surface area contributed by atoms with Crippen LogP contribution in [-0.2, 0) is 6.54 Å². The first-order valence-electron chi connectivity index (χ1n) is 5.61. The van der Waals surface area contributed by atoms with E-state index in [-0.39, 0.29) is 0 Å². The molecule has 0 aromatic heterocycles. The van der Waals surface area contributed by atoms with Crippen LogP contribution in [0.5, 0.6) is 5.75 Å². The first-order chi connectivity index (χ1) is 8.70. The summed E-state index contributed by atoms with van der Waals surface area (Å²) in [5, 5.41) is 3.88. The van der Waals surface area contributed by atoms with Crippen LogP contribution in [0.15, 0.2) is 42.5 Å². The van der Waals surface area contributed by atoms with E-state index >= 15 is 0 Å². The van der Waals surface area contributed by atoms with Crippen LogP contribution in [0.2, 0.25) is 5.02 Å². The molecule has 0 aliphatic heterocycles. The molecule has 3 N–H and O–H groups in total. The smallest absolute Gasteiger partial charge is 0.139 e. The average molecular weight is 263 g/mol. The van der Waals surface area contributed by atoms with Gasteiger partial charge in [-0.05, 0) is 23.8 Å². The minimum Gasteiger partial charge on any atom is -0.495 e. The SMILES string of the molecule is COc1cc(NCc2ccccc2N)ccc1Cl. The van der Waals surface area contributed by atoms with Crippen LogP contribution < -0.4 is 15.8 Å². The highest BCUT2D eigenvalue weighted by Gasteiger charge is 2.02. The van der Waals surface area contributed by atoms with Crippen LogP contribution in [0, 0.1) is 0 Å². The van der Waals surface area contributed by atoms with Crippen LogP contribution in [0.4, 0.5) is 11.4 Å². The fraction of sp³-hybridized carbons (Fsp3) is 0.143. The highest BCUT2D eigenvalue weighted by Crippen LogP contribution is 2.27. The highest BCUT2D eigenvalue weighted by molar-refractivity contribution is 6.32. The Labute approximate surface area is 112 Å². The second-order valence-corrected chi connectivity index (χ2v) is 4.31. The molecule has 0 aliphatic carbocycles. The average Bonchev–Trinajstić information content (AvgIpc) is 2.39. The lowest BCUT2D eigenvalue weighted by atomic mass is 10.2. The van der Waals surface area contributed by atoms with E-state index in [1.165, 1.54) is 0 Å². The highest BCUT2D eigenvalue weighted by atomic mass is 35.5. The number of nitrogens with two attached hydrogens (primary N) is 1. The van der Waals surface area contributed by atoms with Crippen molar-refractivity contribution in [3.63, 3.8) is 0 Å². The molecule has 2 aromatic carbocycles. The first kappa shape index (κ1) is 12.6. The van der Waals surface area contributed by atoms with Gasteiger partial charge in [0.05, 0.1) is 12.1 Å². The lowest BCUT2D eigenvalue weighted by Gasteiger charge is -2.10. The molecule has 0 radical (unpaired) electrons. The number of rotatable bonds is 4. The summed E-state index contributed by atoms with van der Waals surface area (Å²) in [7, 11) is 1.60. The van der Waals surface area contributed by atoms with Crippen molar-refractivity contribution in [3.8, 4) is 5.75 Å². The Hall–Kier alpha value is -1.87. The molecule has 2 rings (SSSR count). The molecule has 3 nitrogen and oxygen atoms in total. The molecule has 18 heavy (non-hydrogen) atoms. The summed E-state index contributed by atoms with van der Waals surface area (Å²) >= 11 is 5.97. The van der Waals surface area contributed by atoms with Crippen molar-refractivity contribution in [2.45, 2.75) is 6.54 Å². The molecule has 0 bridgehead atoms. The summed E-state index contributed by atoms with van der Waals surface area (Å²) in [5.41, 5.74) is 8.67. The molecular weight excluding hydrogens is 248 g/mol. The van der Waals surface area contributed by atoms with Crippen molar-refractivity contribution >= 4 is 23.0 Å². The zero-order chi connectivity index (χ0) is 13.0. The van der Waals surface area contributed by atoms with Crippen molar-refractivity contribution in [2.75, 3.05) is 18.2 Å². The Morgan fingerprint density at radius 3 is 2.72 bits per heavy atom. The Morgan fingerprint density at radius 2 is 2.00 bits per heavy atom. The molecule has 0 heterocycles. The zero-order valence-corrected chi connectivity index (χ0v) is 10.9. The molecule has 0 amide bonds. The molecular formula is C14H15ClN2O. The minimum absolute atomic E-state index is 0.599. The minimum atomic E-state index is 0.599. The Balaban J connectivity index is 2.09. The van der Waals surface area contributed by atoms with Gasteiger partial charge in [-0.2, -0.15) is 0 Å². The zero-order valence-electron chi connectivity index (χ0n) is 10.1. The summed E-state index contributed by atoms with van der Waals surface area (Å²) in [6.45, 7) is 0.664. The van der Waals surface area contributed by atoms with Gasteiger partial charge in [0.1, 0.15) is 5.75 Å². The van der Waals surface area contributed by atoms with Crippen molar-refractivity contribution in [1.82, 2.24) is 0 Å². The molecule has 94 valence electrons. The van der Waals surface area contributed by atoms with Crippen molar-refractivity contribution in [1.29, 1.82) is 0 Å². The molecule has 2 aromatic rings. The Kier molecular flexibility index (Phi) is 3.95. The number of nitrogens with one attached hydrogen (secondary N) is 1. The van der Waals surface area contributed by atoms with E-state index in [4.69, 9.17) is 22.1 Å². The molecule has 0 spiro atoms. The van der Waals surface area contributed by atoms with Crippen LogP contribution in [0.1, 0.15) is 5.56 Å². The van der Waals surface area contributed by atoms with Crippen LogP contribution in [-0.4, -0.2) is 7.11 Å². The summed E-state index contributed by atoms with van der Waals surface area (Å²) < 4.78 is 5.16. The standard InChI is InChI=1S/C14H15ClN2O/c1-18-14-8-11(6-7-12(14)15)17-9-10-4-2-3-5-13(10)16/h2-8,17H,9,16H2,1H3. The van der Waals surface area contributed by atoms with Crippen LogP contribution in [0.25, 0.3) is 0 Å². The lowest BCUT2D eigenvalue weighted by Crippen LogP contribution is -2.02. The summed E-state index contributed by atoms with van der Waals surface area (Å²) in [6.07, 6.45) is 0. The number of benzene rings is 2. The molecule has 0 atom stereocenters. The third kappa shape index (κ3) is 2.87. The van der Waals surface area contributed by atoms with Gasteiger partial charge in [-0.15, -0.1) is 0 Å². The van der Waals surface area contributed by atoms with E-state index in [9.17, 15) is 0 Å². The summed E-state index contributed by atoms with van der Waals surface area (Å²) in [5.74, 6) is 0.655. The number of hydrogen-bond donors (Lipinski definition) is 2. The van der Waals surface area contributed by atoms with E-state index in [1.54, 1.807) is 13.2 Å². The number of anilines is 2. The largest absolute Gasteiger partial charge is 0.495 e. The van der Waals surface area contributed by atoms with Gasteiger partial charge in [0, 0.05) is 24.0 Å². The number of halogens is 1. The van der Waals surface area contributed by atoms with Crippen molar-refractivity contribution in [3.05, 3.63) is 53.1 Å². The van der Waals surface area contributed by atoms with E-state index in [1.807, 2.05) is 36.4 Å². The monoisotopic (exact) mass is 262 g/mol. The molecule has 0 aliphatic rings. The second-order valence-electron chi connectivity index (χ2n) is 3.90. The maximum absolute atomic E-state index is 5.97. The number of nitrogen functional groups attached to an aromatic ring is 1. The fourth-order valence-electron chi connectivity index (χ4n) is 1.66. The van der Waals surface area contributed by atoms with Gasteiger partial charge >= 0.3 is 0 Å². The third-order valence-electron chi connectivity index (χ3n) is 2.69. The number of ether oxygens (including phenoxy) is 1. The Bertz CT molecular complexity index is 543. The predicted octanol–water partition coefficient (Wildman–Crippen LogP) is 3.54. The quantitative estimate of drug-likeness (QED) is 0.829. The van der Waals surface area contributed by atoms with Crippen molar-refractivity contribution in [2.24, 2.45) is 0 Å². The molecule has 0 fully saturated rings. The lowest BCUT2D eigenvalue weighted by molar-refractivity contribution is 0.415. The summed E-state index contributed by atoms with van der Waals surface area (Å²) in [6, 6.07) is 13.3. The molecule has 0 unspecified atom stereocenters. The van der Waals surface area contributed by atoms with Crippen molar-refractivity contribution < 1.29 is 4.74 Å². The maximum Gasteiger partial charge on any atom is 0.139 e. The fourth-order valence-corrected chi connectivity index (χ4v) is 1.86. The predicted molar refractivity (Wildman–Crippen MR) is 76.2 cm³/mol. The topological polar surface area (TPSA) is 47.3 Å². The summed E-state index contributed by atoms with van der Waals surface area (Å²) in [4.78, 5) is 0. The first-order valence-corrected chi connectivity index (χ1v) is 5.99. The van der Waals surface area contributed by atoms with E-state index < -0.39 is 0 Å². The van der Waals surface area contributed by atoms with Gasteiger partial charge in [0.2, 0.25) is 0 Å². The van der Waals surface area contributed by atoms with Gasteiger partial charge in [-0.1, -0.05) is 29.8 Å². The molecule has 0 saturated carbocycles. The van der Waals surface area contributed by atoms with Gasteiger partial charge in [-0.3, -0.25) is 0 Å². The Morgan fingerprint density at radius 1 is 1.22 bits per heavy atom. The van der Waals surface area contributed by atoms with Gasteiger partial charge in [0.25, 0.3) is 0 Å². The van der Waals surface area contributed by atoms with Gasteiger partial charge < -0.3 is 15.8 Å². The van der Waals surface area contributed by atoms with E-state index in [2.05, 4.69) is 5.32 Å². The van der Waals surface area contributed by atoms with Gasteiger partial charge in [0.15, 0.2) is 0 Å². The molecule has 0 saturated heterocycles. The number of para-hydroxylation sites is 1. The van der Waals surface area contributed by atoms with Crippen LogP contribution >= 0.6 is 11.6 Å². The van der Waals surface area contributed by atoms with Crippen LogP contribution in [0.3, 0.4) is 0 Å². The third-order valence-corrected chi connectivity index (χ3v) is 3.00. The normalized spacial score (nSPS) is 10.1. The number of methoxy groups -OCH3 is 1. The van der Waals surface area contributed by atoms with Gasteiger partial charge in [-0.25, -0.2) is 0 Å². The molecule has 4 heteroatoms. The number of hydrogen-bond acceptors (Lipinski definition) is 3. The second kappa shape index (κ2) is 5.65.